The van der Waals surface area contributed by atoms with E-state index in [1.807, 2.05) is 20.8 Å². The average molecular weight is 358 g/mol. The Kier molecular flexibility index (Phi) is 5.36. The molecule has 1 radical (unpaired) electrons. The maximum atomic E-state index is 12.4. The summed E-state index contributed by atoms with van der Waals surface area (Å²) in [6.07, 6.45) is 4.26. The zero-order chi connectivity index (χ0) is 18.3. The molecule has 2 aliphatic rings. The van der Waals surface area contributed by atoms with E-state index in [1.54, 1.807) is 13.3 Å². The Labute approximate surface area is 148 Å². The van der Waals surface area contributed by atoms with E-state index in [4.69, 9.17) is 16.3 Å². The number of esters is 1. The molecule has 1 fully saturated rings. The molecule has 0 bridgehead atoms. The Morgan fingerprint density at radius 1 is 1.42 bits per heavy atom. The number of carbonyl (C=O) groups is 2. The van der Waals surface area contributed by atoms with Crippen molar-refractivity contribution in [3.8, 4) is 0 Å². The van der Waals surface area contributed by atoms with Crippen LogP contribution in [0.25, 0.3) is 0 Å². The minimum absolute atomic E-state index is 0.125. The summed E-state index contributed by atoms with van der Waals surface area (Å²) in [4.78, 5) is 23.8. The molecule has 0 saturated heterocycles. The molecule has 0 amide bonds. The normalized spacial score (nSPS) is 36.5. The lowest BCUT2D eigenvalue weighted by atomic mass is 9.64. The number of hydrogen-bond acceptors (Lipinski definition) is 4. The summed E-state index contributed by atoms with van der Waals surface area (Å²) in [5.74, 6) is -2.24. The number of alkyl halides is 1. The molecule has 2 rings (SSSR count). The lowest BCUT2D eigenvalue weighted by Gasteiger charge is -2.49. The third-order valence-electron chi connectivity index (χ3n) is 5.46. The lowest BCUT2D eigenvalue weighted by Crippen LogP contribution is -2.57. The highest BCUT2D eigenvalue weighted by molar-refractivity contribution is 6.21. The Hall–Kier alpha value is -1.07. The molecule has 0 aliphatic heterocycles. The number of halogens is 1. The summed E-state index contributed by atoms with van der Waals surface area (Å²) in [6, 6.07) is 0. The van der Waals surface area contributed by atoms with Gasteiger partial charge in [0.1, 0.15) is 11.7 Å². The fraction of sp³-hybridized carbons (Fsp3) is 0.722. The first kappa shape index (κ1) is 19.3. The van der Waals surface area contributed by atoms with Gasteiger partial charge in [0.15, 0.2) is 0 Å². The highest BCUT2D eigenvalue weighted by Crippen LogP contribution is 2.47. The van der Waals surface area contributed by atoms with Crippen LogP contribution in [0, 0.1) is 23.7 Å². The minimum atomic E-state index is -1.51. The molecule has 5 atom stereocenters. The van der Waals surface area contributed by atoms with E-state index in [0.29, 0.717) is 19.3 Å². The Morgan fingerprint density at radius 3 is 2.58 bits per heavy atom. The number of carboxylic acids is 1. The van der Waals surface area contributed by atoms with Gasteiger partial charge in [-0.2, -0.15) is 0 Å². The largest absolute Gasteiger partial charge is 0.478 e. The summed E-state index contributed by atoms with van der Waals surface area (Å²) in [5.41, 5.74) is -1.99. The van der Waals surface area contributed by atoms with Crippen LogP contribution >= 0.6 is 11.6 Å². The summed E-state index contributed by atoms with van der Waals surface area (Å²) < 4.78 is 5.71. The molecule has 6 heteroatoms. The van der Waals surface area contributed by atoms with Gasteiger partial charge >= 0.3 is 11.9 Å². The van der Waals surface area contributed by atoms with Crippen molar-refractivity contribution in [3.05, 3.63) is 18.1 Å². The SMILES string of the molecule is CCC(C)(C)C(=O)O[C@H]1CC[C@H](Cl)[C@]2(O)C=C(C(=O)O)[C@@H](C)[CH][C@@H]12. The van der Waals surface area contributed by atoms with Gasteiger partial charge in [0.05, 0.1) is 10.8 Å². The van der Waals surface area contributed by atoms with Crippen molar-refractivity contribution in [3.63, 3.8) is 0 Å². The highest BCUT2D eigenvalue weighted by Gasteiger charge is 2.54. The van der Waals surface area contributed by atoms with E-state index in [2.05, 4.69) is 0 Å². The van der Waals surface area contributed by atoms with E-state index in [9.17, 15) is 19.8 Å². The number of hydrogen-bond donors (Lipinski definition) is 2. The number of ether oxygens (including phenoxy) is 1. The number of fused-ring (bicyclic) bond motifs is 1. The molecule has 0 aromatic heterocycles. The van der Waals surface area contributed by atoms with Crippen LogP contribution in [0.1, 0.15) is 47.0 Å². The van der Waals surface area contributed by atoms with Gasteiger partial charge < -0.3 is 14.9 Å². The van der Waals surface area contributed by atoms with E-state index in [-0.39, 0.29) is 17.5 Å². The standard InChI is InChI=1S/C18H26ClO5/c1-5-17(3,4)16(22)24-13-6-7-14(19)18(23)9-11(15(20)21)10(2)8-12(13)18/h8-10,12-14,23H,5-7H2,1-4H3,(H,20,21)/t10-,12-,13-,14-,18-/m0/s1. The maximum Gasteiger partial charge on any atom is 0.331 e. The van der Waals surface area contributed by atoms with Crippen LogP contribution in [0.3, 0.4) is 0 Å². The second-order valence-corrected chi connectivity index (χ2v) is 8.05. The van der Waals surface area contributed by atoms with Gasteiger partial charge in [-0.25, -0.2) is 4.79 Å². The van der Waals surface area contributed by atoms with Gasteiger partial charge in [-0.1, -0.05) is 13.8 Å². The second-order valence-electron chi connectivity index (χ2n) is 7.53. The average Bonchev–Trinajstić information content (AvgIpc) is 2.51. The minimum Gasteiger partial charge on any atom is -0.478 e. The number of aliphatic carboxylic acids is 1. The summed E-state index contributed by atoms with van der Waals surface area (Å²) >= 11 is 6.32. The maximum absolute atomic E-state index is 12.4. The molecular weight excluding hydrogens is 332 g/mol. The topological polar surface area (TPSA) is 83.8 Å². The van der Waals surface area contributed by atoms with Crippen LogP contribution in [-0.4, -0.2) is 39.2 Å². The number of rotatable bonds is 4. The van der Waals surface area contributed by atoms with Gasteiger partial charge in [-0.15, -0.1) is 11.6 Å². The molecule has 0 aromatic rings. The van der Waals surface area contributed by atoms with Crippen molar-refractivity contribution >= 4 is 23.5 Å². The van der Waals surface area contributed by atoms with Crippen molar-refractivity contribution in [1.82, 2.24) is 0 Å². The first-order chi connectivity index (χ1) is 11.0. The van der Waals surface area contributed by atoms with Gasteiger partial charge in [0.2, 0.25) is 0 Å². The quantitative estimate of drug-likeness (QED) is 0.597. The van der Waals surface area contributed by atoms with Crippen molar-refractivity contribution < 1.29 is 24.5 Å². The molecule has 2 N–H and O–H groups in total. The van der Waals surface area contributed by atoms with Crippen LogP contribution in [0.2, 0.25) is 0 Å². The zero-order valence-corrected chi connectivity index (χ0v) is 15.3. The molecule has 24 heavy (non-hydrogen) atoms. The Morgan fingerprint density at radius 2 is 2.04 bits per heavy atom. The molecule has 135 valence electrons. The van der Waals surface area contributed by atoms with Crippen LogP contribution in [0.5, 0.6) is 0 Å². The molecule has 0 unspecified atom stereocenters. The van der Waals surface area contributed by atoms with E-state index < -0.39 is 34.4 Å². The predicted octanol–water partition coefficient (Wildman–Crippen LogP) is 2.95. The summed E-state index contributed by atoms with van der Waals surface area (Å²) in [6.45, 7) is 7.32. The fourth-order valence-electron chi connectivity index (χ4n) is 3.32. The van der Waals surface area contributed by atoms with Gasteiger partial charge in [0, 0.05) is 11.5 Å². The smallest absolute Gasteiger partial charge is 0.331 e. The van der Waals surface area contributed by atoms with Crippen molar-refractivity contribution in [2.24, 2.45) is 17.3 Å². The van der Waals surface area contributed by atoms with Gasteiger partial charge in [-0.05, 0) is 51.5 Å². The molecular formula is C18H26ClO5. The van der Waals surface area contributed by atoms with E-state index >= 15 is 0 Å². The molecule has 0 spiro atoms. The van der Waals surface area contributed by atoms with E-state index in [1.165, 1.54) is 6.08 Å². The number of aliphatic hydroxyl groups is 1. The fourth-order valence-corrected chi connectivity index (χ4v) is 3.65. The molecule has 5 nitrogen and oxygen atoms in total. The zero-order valence-electron chi connectivity index (χ0n) is 14.6. The highest BCUT2D eigenvalue weighted by atomic mass is 35.5. The van der Waals surface area contributed by atoms with Crippen LogP contribution in [0.4, 0.5) is 0 Å². The van der Waals surface area contributed by atoms with Crippen molar-refractivity contribution in [2.45, 2.75) is 64.0 Å². The van der Waals surface area contributed by atoms with Crippen LogP contribution in [0.15, 0.2) is 11.6 Å². The first-order valence-corrected chi connectivity index (χ1v) is 8.85. The van der Waals surface area contributed by atoms with Gasteiger partial charge in [0.25, 0.3) is 0 Å². The summed E-state index contributed by atoms with van der Waals surface area (Å²) in [7, 11) is 0. The van der Waals surface area contributed by atoms with Crippen LogP contribution < -0.4 is 0 Å². The monoisotopic (exact) mass is 357 g/mol. The second kappa shape index (κ2) is 6.68. The molecule has 0 aromatic carbocycles. The molecule has 2 aliphatic carbocycles. The van der Waals surface area contributed by atoms with E-state index in [0.717, 1.165) is 0 Å². The number of carbonyl (C=O) groups excluding carboxylic acids is 1. The van der Waals surface area contributed by atoms with Gasteiger partial charge in [-0.3, -0.25) is 4.79 Å². The van der Waals surface area contributed by atoms with Crippen molar-refractivity contribution in [1.29, 1.82) is 0 Å². The summed E-state index contributed by atoms with van der Waals surface area (Å²) in [5, 5.41) is 19.8. The third-order valence-corrected chi connectivity index (χ3v) is 6.02. The Bertz CT molecular complexity index is 556. The third kappa shape index (κ3) is 3.33. The molecule has 0 heterocycles. The lowest BCUT2D eigenvalue weighted by molar-refractivity contribution is -0.170. The van der Waals surface area contributed by atoms with Crippen LogP contribution in [-0.2, 0) is 14.3 Å². The van der Waals surface area contributed by atoms with Crippen molar-refractivity contribution in [2.75, 3.05) is 0 Å². The Balaban J connectivity index is 2.30. The molecule has 1 saturated carbocycles. The number of carboxylic acid groups (broad SMARTS) is 1. The predicted molar refractivity (Wildman–Crippen MR) is 90.4 cm³/mol. The first-order valence-electron chi connectivity index (χ1n) is 8.41.